The lowest BCUT2D eigenvalue weighted by molar-refractivity contribution is 1.29. The topological polar surface area (TPSA) is 51.8 Å². The second-order valence-electron chi connectivity index (χ2n) is 3.78. The summed E-state index contributed by atoms with van der Waals surface area (Å²) in [6.07, 6.45) is 3.52. The molecule has 0 spiro atoms. The molecule has 0 saturated carbocycles. The van der Waals surface area contributed by atoms with Crippen LogP contribution in [-0.2, 0) is 0 Å². The summed E-state index contributed by atoms with van der Waals surface area (Å²) >= 11 is 0. The van der Waals surface area contributed by atoms with E-state index in [0.29, 0.717) is 5.82 Å². The molecule has 17 heavy (non-hydrogen) atoms. The Morgan fingerprint density at radius 3 is 3.00 bits per heavy atom. The van der Waals surface area contributed by atoms with Crippen LogP contribution in [0.1, 0.15) is 0 Å². The molecular formula is C14H10N3. The highest BCUT2D eigenvalue weighted by Crippen LogP contribution is 2.25. The molecule has 1 radical (unpaired) electrons. The van der Waals surface area contributed by atoms with Crippen LogP contribution in [0.4, 0.5) is 5.82 Å². The lowest BCUT2D eigenvalue weighted by atomic mass is 10.1. The van der Waals surface area contributed by atoms with E-state index in [4.69, 9.17) is 5.73 Å². The molecule has 0 saturated heterocycles. The minimum atomic E-state index is 0.537. The predicted octanol–water partition coefficient (Wildman–Crippen LogP) is 2.68. The minimum Gasteiger partial charge on any atom is -0.383 e. The van der Waals surface area contributed by atoms with Gasteiger partial charge in [0.2, 0.25) is 0 Å². The average Bonchev–Trinajstić information content (AvgIpc) is 2.40. The first-order valence-electron chi connectivity index (χ1n) is 5.31. The van der Waals surface area contributed by atoms with Crippen molar-refractivity contribution in [3.8, 4) is 11.3 Å². The van der Waals surface area contributed by atoms with Gasteiger partial charge >= 0.3 is 0 Å². The van der Waals surface area contributed by atoms with Crippen LogP contribution in [0, 0.1) is 6.07 Å². The van der Waals surface area contributed by atoms with E-state index in [1.165, 1.54) is 0 Å². The molecular weight excluding hydrogens is 210 g/mol. The molecule has 3 rings (SSSR count). The fraction of sp³-hybridized carbons (Fsp3) is 0. The number of hydrogen-bond acceptors (Lipinski definition) is 3. The van der Waals surface area contributed by atoms with Gasteiger partial charge in [-0.25, -0.2) is 4.98 Å². The Hall–Kier alpha value is -2.42. The summed E-state index contributed by atoms with van der Waals surface area (Å²) in [7, 11) is 0. The van der Waals surface area contributed by atoms with E-state index >= 15 is 0 Å². The van der Waals surface area contributed by atoms with E-state index in [1.54, 1.807) is 12.4 Å². The Morgan fingerprint density at radius 1 is 1.24 bits per heavy atom. The summed E-state index contributed by atoms with van der Waals surface area (Å²) in [5.74, 6) is 0.537. The zero-order valence-corrected chi connectivity index (χ0v) is 9.09. The largest absolute Gasteiger partial charge is 0.383 e. The van der Waals surface area contributed by atoms with Crippen molar-refractivity contribution in [1.29, 1.82) is 0 Å². The number of fused-ring (bicyclic) bond motifs is 1. The first-order chi connectivity index (χ1) is 8.34. The van der Waals surface area contributed by atoms with Crippen molar-refractivity contribution in [2.24, 2.45) is 0 Å². The van der Waals surface area contributed by atoms with E-state index in [9.17, 15) is 0 Å². The zero-order valence-electron chi connectivity index (χ0n) is 9.09. The Bertz CT molecular complexity index is 663. The summed E-state index contributed by atoms with van der Waals surface area (Å²) in [6, 6.07) is 14.6. The molecule has 0 aliphatic rings. The Morgan fingerprint density at radius 2 is 2.18 bits per heavy atom. The van der Waals surface area contributed by atoms with Gasteiger partial charge in [0.1, 0.15) is 5.82 Å². The monoisotopic (exact) mass is 220 g/mol. The fourth-order valence-corrected chi connectivity index (χ4v) is 1.83. The maximum atomic E-state index is 5.95. The number of anilines is 1. The standard InChI is InChI=1S/C14H10N3/c15-14-12-6-2-1-4-10(12)8-13(17-14)11-5-3-7-16-9-11/h2-9H,(H2,15,17). The maximum absolute atomic E-state index is 5.95. The summed E-state index contributed by atoms with van der Waals surface area (Å²) < 4.78 is 0. The van der Waals surface area contributed by atoms with Crippen molar-refractivity contribution in [3.63, 3.8) is 0 Å². The van der Waals surface area contributed by atoms with Crippen LogP contribution in [-0.4, -0.2) is 9.97 Å². The SMILES string of the molecule is Nc1nc(-c2cccnc2)cc2c[c]ccc12. The van der Waals surface area contributed by atoms with E-state index < -0.39 is 0 Å². The van der Waals surface area contributed by atoms with E-state index in [0.717, 1.165) is 22.0 Å². The van der Waals surface area contributed by atoms with E-state index in [2.05, 4.69) is 16.0 Å². The minimum absolute atomic E-state index is 0.537. The Kier molecular flexibility index (Phi) is 2.22. The third-order valence-electron chi connectivity index (χ3n) is 2.66. The number of hydrogen-bond donors (Lipinski definition) is 1. The number of nitrogens with zero attached hydrogens (tertiary/aromatic N) is 2. The van der Waals surface area contributed by atoms with Crippen LogP contribution in [0.5, 0.6) is 0 Å². The fourth-order valence-electron chi connectivity index (χ4n) is 1.83. The molecule has 0 bridgehead atoms. The summed E-state index contributed by atoms with van der Waals surface area (Å²) in [5, 5.41) is 2.00. The highest BCUT2D eigenvalue weighted by atomic mass is 14.8. The van der Waals surface area contributed by atoms with Crippen molar-refractivity contribution in [2.45, 2.75) is 0 Å². The average molecular weight is 220 g/mol. The Labute approximate surface area is 98.9 Å². The lowest BCUT2D eigenvalue weighted by Crippen LogP contribution is -1.94. The summed E-state index contributed by atoms with van der Waals surface area (Å²) in [5.41, 5.74) is 7.75. The van der Waals surface area contributed by atoms with Crippen LogP contribution in [0.15, 0.2) is 48.8 Å². The molecule has 3 nitrogen and oxygen atoms in total. The highest BCUT2D eigenvalue weighted by Gasteiger charge is 2.04. The predicted molar refractivity (Wildman–Crippen MR) is 68.2 cm³/mol. The van der Waals surface area contributed by atoms with Crippen LogP contribution < -0.4 is 5.73 Å². The molecule has 81 valence electrons. The quantitative estimate of drug-likeness (QED) is 0.686. The molecule has 1 aromatic carbocycles. The van der Waals surface area contributed by atoms with Gasteiger partial charge in [0.25, 0.3) is 0 Å². The number of nitrogen functional groups attached to an aromatic ring is 1. The van der Waals surface area contributed by atoms with Crippen LogP contribution >= 0.6 is 0 Å². The van der Waals surface area contributed by atoms with Gasteiger partial charge in [-0.1, -0.05) is 12.1 Å². The van der Waals surface area contributed by atoms with Crippen LogP contribution in [0.2, 0.25) is 0 Å². The van der Waals surface area contributed by atoms with Crippen molar-refractivity contribution in [2.75, 3.05) is 5.73 Å². The molecule has 0 atom stereocenters. The van der Waals surface area contributed by atoms with Gasteiger partial charge in [0.15, 0.2) is 0 Å². The lowest BCUT2D eigenvalue weighted by Gasteiger charge is -2.05. The number of nitrogens with two attached hydrogens (primary N) is 1. The first kappa shape index (κ1) is 9.78. The van der Waals surface area contributed by atoms with Gasteiger partial charge in [-0.3, -0.25) is 4.98 Å². The van der Waals surface area contributed by atoms with Gasteiger partial charge in [-0.2, -0.15) is 0 Å². The smallest absolute Gasteiger partial charge is 0.131 e. The normalized spacial score (nSPS) is 10.6. The third kappa shape index (κ3) is 1.72. The molecule has 0 unspecified atom stereocenters. The number of aromatic nitrogens is 2. The van der Waals surface area contributed by atoms with Crippen LogP contribution in [0.3, 0.4) is 0 Å². The number of rotatable bonds is 1. The van der Waals surface area contributed by atoms with Gasteiger partial charge in [0, 0.05) is 23.3 Å². The van der Waals surface area contributed by atoms with E-state index in [-0.39, 0.29) is 0 Å². The maximum Gasteiger partial charge on any atom is 0.131 e. The molecule has 2 heterocycles. The van der Waals surface area contributed by atoms with Crippen molar-refractivity contribution < 1.29 is 0 Å². The first-order valence-corrected chi connectivity index (χ1v) is 5.31. The van der Waals surface area contributed by atoms with E-state index in [1.807, 2.05) is 36.4 Å². The summed E-state index contributed by atoms with van der Waals surface area (Å²) in [6.45, 7) is 0. The summed E-state index contributed by atoms with van der Waals surface area (Å²) in [4.78, 5) is 8.48. The molecule has 0 amide bonds. The second-order valence-corrected chi connectivity index (χ2v) is 3.78. The van der Waals surface area contributed by atoms with Crippen molar-refractivity contribution in [1.82, 2.24) is 9.97 Å². The molecule has 3 heteroatoms. The molecule has 0 fully saturated rings. The zero-order chi connectivity index (χ0) is 11.7. The van der Waals surface area contributed by atoms with Gasteiger partial charge in [0.05, 0.1) is 5.69 Å². The third-order valence-corrected chi connectivity index (χ3v) is 2.66. The molecule has 3 aromatic rings. The number of pyridine rings is 2. The molecule has 2 aromatic heterocycles. The highest BCUT2D eigenvalue weighted by molar-refractivity contribution is 5.93. The van der Waals surface area contributed by atoms with Gasteiger partial charge in [-0.15, -0.1) is 0 Å². The van der Waals surface area contributed by atoms with Crippen molar-refractivity contribution >= 4 is 16.6 Å². The second kappa shape index (κ2) is 3.87. The van der Waals surface area contributed by atoms with Crippen molar-refractivity contribution in [3.05, 3.63) is 54.9 Å². The molecule has 0 aliphatic carbocycles. The van der Waals surface area contributed by atoms with Gasteiger partial charge in [-0.05, 0) is 35.7 Å². The molecule has 2 N–H and O–H groups in total. The van der Waals surface area contributed by atoms with Crippen LogP contribution in [0.25, 0.3) is 22.0 Å². The van der Waals surface area contributed by atoms with Gasteiger partial charge < -0.3 is 5.73 Å². The molecule has 0 aliphatic heterocycles. The Balaban J connectivity index is 2.26. The number of benzene rings is 1.